The predicted octanol–water partition coefficient (Wildman–Crippen LogP) is 4.47. The number of fused-ring (bicyclic) bond motifs is 1. The monoisotopic (exact) mass is 420 g/mol. The summed E-state index contributed by atoms with van der Waals surface area (Å²) in [6, 6.07) is 15.5. The Labute approximate surface area is 177 Å². The number of hydrogen-bond donors (Lipinski definition) is 0. The molecule has 0 aliphatic carbocycles. The number of ether oxygens (including phenoxy) is 1. The quantitative estimate of drug-likeness (QED) is 0.441. The van der Waals surface area contributed by atoms with Crippen LogP contribution in [0.1, 0.15) is 40.1 Å². The highest BCUT2D eigenvalue weighted by molar-refractivity contribution is 7.18. The average Bonchev–Trinajstić information content (AvgIpc) is 3.52. The maximum Gasteiger partial charge on any atom is 0.337 e. The Morgan fingerprint density at radius 3 is 2.83 bits per heavy atom. The van der Waals surface area contributed by atoms with E-state index >= 15 is 0 Å². The van der Waals surface area contributed by atoms with Crippen LogP contribution in [0.25, 0.3) is 21.6 Å². The van der Waals surface area contributed by atoms with Crippen molar-refractivity contribution in [3.8, 4) is 11.4 Å². The van der Waals surface area contributed by atoms with Gasteiger partial charge in [0.15, 0.2) is 0 Å². The van der Waals surface area contributed by atoms with Crippen LogP contribution in [0.5, 0.6) is 0 Å². The Kier molecular flexibility index (Phi) is 5.02. The van der Waals surface area contributed by atoms with Crippen molar-refractivity contribution in [1.82, 2.24) is 20.0 Å². The summed E-state index contributed by atoms with van der Waals surface area (Å²) in [5.41, 5.74) is 2.34. The smallest absolute Gasteiger partial charge is 0.337 e. The largest absolute Gasteiger partial charge is 0.465 e. The normalized spacial score (nSPS) is 16.9. The summed E-state index contributed by atoms with van der Waals surface area (Å²) >= 11 is 1.76. The van der Waals surface area contributed by atoms with E-state index in [-0.39, 0.29) is 12.0 Å². The zero-order chi connectivity index (χ0) is 20.5. The number of aromatic nitrogens is 3. The molecule has 1 aliphatic heterocycles. The number of rotatable bonds is 5. The van der Waals surface area contributed by atoms with Crippen LogP contribution in [0, 0.1) is 0 Å². The van der Waals surface area contributed by atoms with Crippen molar-refractivity contribution in [3.05, 3.63) is 65.0 Å². The van der Waals surface area contributed by atoms with Crippen LogP contribution in [-0.4, -0.2) is 39.6 Å². The number of para-hydroxylation sites is 1. The summed E-state index contributed by atoms with van der Waals surface area (Å²) in [5, 5.41) is 5.26. The predicted molar refractivity (Wildman–Crippen MR) is 113 cm³/mol. The minimum atomic E-state index is -0.370. The van der Waals surface area contributed by atoms with Crippen LogP contribution in [0.15, 0.2) is 53.1 Å². The summed E-state index contributed by atoms with van der Waals surface area (Å²) in [6.45, 7) is 1.57. The van der Waals surface area contributed by atoms with Crippen molar-refractivity contribution in [1.29, 1.82) is 0 Å². The van der Waals surface area contributed by atoms with Crippen LogP contribution in [0.4, 0.5) is 0 Å². The molecule has 7 nitrogen and oxygen atoms in total. The van der Waals surface area contributed by atoms with E-state index in [0.29, 0.717) is 23.8 Å². The van der Waals surface area contributed by atoms with Crippen LogP contribution < -0.4 is 0 Å². The number of likely N-dealkylation sites (tertiary alicyclic amines) is 1. The second kappa shape index (κ2) is 7.97. The molecule has 30 heavy (non-hydrogen) atoms. The number of nitrogens with zero attached hydrogens (tertiary/aromatic N) is 4. The van der Waals surface area contributed by atoms with E-state index in [1.165, 1.54) is 11.8 Å². The molecule has 0 amide bonds. The lowest BCUT2D eigenvalue weighted by atomic mass is 10.1. The molecular formula is C22H20N4O3S. The molecule has 0 spiro atoms. The molecule has 4 aromatic rings. The molecule has 1 saturated heterocycles. The Morgan fingerprint density at radius 1 is 1.20 bits per heavy atom. The van der Waals surface area contributed by atoms with Crippen molar-refractivity contribution in [2.45, 2.75) is 25.4 Å². The minimum Gasteiger partial charge on any atom is -0.465 e. The molecule has 8 heteroatoms. The molecule has 3 heterocycles. The van der Waals surface area contributed by atoms with Crippen molar-refractivity contribution in [2.75, 3.05) is 13.7 Å². The first-order chi connectivity index (χ1) is 14.7. The third kappa shape index (κ3) is 3.59. The zero-order valence-electron chi connectivity index (χ0n) is 16.4. The summed E-state index contributed by atoms with van der Waals surface area (Å²) in [7, 11) is 1.36. The van der Waals surface area contributed by atoms with Gasteiger partial charge in [-0.3, -0.25) is 4.90 Å². The number of carbonyl (C=O) groups excluding carboxylic acids is 1. The number of benzene rings is 2. The Bertz CT molecular complexity index is 1150. The van der Waals surface area contributed by atoms with Gasteiger partial charge in [0.05, 0.1) is 35.5 Å². The molecular weight excluding hydrogens is 400 g/mol. The maximum atomic E-state index is 11.6. The summed E-state index contributed by atoms with van der Waals surface area (Å²) in [6.07, 6.45) is 2.20. The lowest BCUT2D eigenvalue weighted by Crippen LogP contribution is -2.22. The fourth-order valence-electron chi connectivity index (χ4n) is 3.81. The highest BCUT2D eigenvalue weighted by Gasteiger charge is 2.30. The number of carbonyl (C=O) groups is 1. The molecule has 1 unspecified atom stereocenters. The first-order valence-corrected chi connectivity index (χ1v) is 10.6. The summed E-state index contributed by atoms with van der Waals surface area (Å²) in [4.78, 5) is 23.3. The van der Waals surface area contributed by atoms with Gasteiger partial charge in [-0.05, 0) is 43.7 Å². The lowest BCUT2D eigenvalue weighted by Gasteiger charge is -2.20. The summed E-state index contributed by atoms with van der Waals surface area (Å²) < 4.78 is 11.5. The van der Waals surface area contributed by atoms with Gasteiger partial charge >= 0.3 is 5.97 Å². The van der Waals surface area contributed by atoms with Gasteiger partial charge in [-0.25, -0.2) is 9.78 Å². The first-order valence-electron chi connectivity index (χ1n) is 9.82. The second-order valence-corrected chi connectivity index (χ2v) is 8.29. The number of hydrogen-bond acceptors (Lipinski definition) is 8. The van der Waals surface area contributed by atoms with Gasteiger partial charge in [0.2, 0.25) is 11.7 Å². The van der Waals surface area contributed by atoms with Crippen LogP contribution >= 0.6 is 11.3 Å². The third-order valence-corrected chi connectivity index (χ3v) is 6.47. The van der Waals surface area contributed by atoms with Gasteiger partial charge < -0.3 is 9.26 Å². The topological polar surface area (TPSA) is 81.4 Å². The first kappa shape index (κ1) is 18.9. The molecule has 2 aromatic heterocycles. The molecule has 0 N–H and O–H groups in total. The van der Waals surface area contributed by atoms with Crippen molar-refractivity contribution < 1.29 is 14.1 Å². The van der Waals surface area contributed by atoms with Crippen LogP contribution in [0.2, 0.25) is 0 Å². The van der Waals surface area contributed by atoms with Gasteiger partial charge in [0, 0.05) is 5.56 Å². The van der Waals surface area contributed by atoms with Crippen molar-refractivity contribution >= 4 is 27.5 Å². The maximum absolute atomic E-state index is 11.6. The standard InChI is InChI=1S/C22H20N4O3S/c1-28-22(27)15-10-8-14(9-11-15)20-24-19(29-25-20)13-26-12-4-6-17(26)21-23-16-5-2-3-7-18(16)30-21/h2-3,5,7-11,17H,4,6,12-13H2,1H3. The molecule has 1 fully saturated rings. The van der Waals surface area contributed by atoms with E-state index in [9.17, 15) is 4.79 Å². The van der Waals surface area contributed by atoms with Gasteiger partial charge in [-0.2, -0.15) is 4.98 Å². The van der Waals surface area contributed by atoms with E-state index in [0.717, 1.165) is 35.5 Å². The SMILES string of the molecule is COC(=O)c1ccc(-c2noc(CN3CCCC3c3nc4ccccc4s3)n2)cc1. The van der Waals surface area contributed by atoms with E-state index < -0.39 is 0 Å². The molecule has 1 atom stereocenters. The highest BCUT2D eigenvalue weighted by Crippen LogP contribution is 2.37. The fourth-order valence-corrected chi connectivity index (χ4v) is 4.95. The van der Waals surface area contributed by atoms with Gasteiger partial charge in [-0.15, -0.1) is 11.3 Å². The summed E-state index contributed by atoms with van der Waals surface area (Å²) in [5.74, 6) is 0.720. The number of esters is 1. The molecule has 1 aliphatic rings. The minimum absolute atomic E-state index is 0.275. The Morgan fingerprint density at radius 2 is 2.03 bits per heavy atom. The molecule has 0 bridgehead atoms. The molecule has 152 valence electrons. The van der Waals surface area contributed by atoms with E-state index in [2.05, 4.69) is 27.2 Å². The van der Waals surface area contributed by atoms with E-state index in [1.807, 2.05) is 12.1 Å². The van der Waals surface area contributed by atoms with E-state index in [1.54, 1.807) is 35.6 Å². The molecule has 5 rings (SSSR count). The Hall–Kier alpha value is -3.10. The zero-order valence-corrected chi connectivity index (χ0v) is 17.3. The second-order valence-electron chi connectivity index (χ2n) is 7.23. The van der Waals surface area contributed by atoms with Crippen molar-refractivity contribution in [3.63, 3.8) is 0 Å². The van der Waals surface area contributed by atoms with Gasteiger partial charge in [0.25, 0.3) is 0 Å². The molecule has 0 saturated carbocycles. The molecule has 2 aromatic carbocycles. The van der Waals surface area contributed by atoms with E-state index in [4.69, 9.17) is 14.2 Å². The fraction of sp³-hybridized carbons (Fsp3) is 0.273. The van der Waals surface area contributed by atoms with Gasteiger partial charge in [-0.1, -0.05) is 29.4 Å². The highest BCUT2D eigenvalue weighted by atomic mass is 32.1. The van der Waals surface area contributed by atoms with Crippen molar-refractivity contribution in [2.24, 2.45) is 0 Å². The third-order valence-electron chi connectivity index (χ3n) is 5.33. The van der Waals surface area contributed by atoms with Crippen LogP contribution in [-0.2, 0) is 11.3 Å². The molecule has 0 radical (unpaired) electrons. The van der Waals surface area contributed by atoms with Crippen LogP contribution in [0.3, 0.4) is 0 Å². The number of methoxy groups -OCH3 is 1. The Balaban J connectivity index is 1.32. The average molecular weight is 420 g/mol. The number of thiazole rings is 1. The lowest BCUT2D eigenvalue weighted by molar-refractivity contribution is 0.0600. The van der Waals surface area contributed by atoms with Gasteiger partial charge in [0.1, 0.15) is 5.01 Å².